The van der Waals surface area contributed by atoms with E-state index < -0.39 is 0 Å². The van der Waals surface area contributed by atoms with E-state index in [2.05, 4.69) is 9.55 Å². The lowest BCUT2D eigenvalue weighted by atomic mass is 9.91. The van der Waals surface area contributed by atoms with E-state index in [0.717, 1.165) is 25.7 Å². The van der Waals surface area contributed by atoms with E-state index in [-0.39, 0.29) is 6.10 Å². The van der Waals surface area contributed by atoms with Crippen molar-refractivity contribution in [1.29, 1.82) is 0 Å². The third-order valence-corrected chi connectivity index (χ3v) is 4.11. The summed E-state index contributed by atoms with van der Waals surface area (Å²) in [5.74, 6) is 0. The van der Waals surface area contributed by atoms with Gasteiger partial charge in [0.25, 0.3) is 0 Å². The molecular formula is C13H20N2O. The van der Waals surface area contributed by atoms with Crippen LogP contribution in [-0.2, 0) is 12.8 Å². The summed E-state index contributed by atoms with van der Waals surface area (Å²) in [6, 6.07) is 0.295. The fourth-order valence-corrected chi connectivity index (χ4v) is 3.19. The van der Waals surface area contributed by atoms with Crippen molar-refractivity contribution >= 4 is 0 Å². The van der Waals surface area contributed by atoms with Crippen LogP contribution in [0, 0.1) is 0 Å². The number of aryl methyl sites for hydroxylation is 1. The molecule has 88 valence electrons. The number of fused-ring (bicyclic) bond motifs is 1. The molecule has 1 fully saturated rings. The number of hydrogen-bond donors (Lipinski definition) is 1. The number of aromatic nitrogens is 2. The Morgan fingerprint density at radius 1 is 1.12 bits per heavy atom. The molecule has 0 aromatic carbocycles. The van der Waals surface area contributed by atoms with Crippen LogP contribution in [0.5, 0.6) is 0 Å². The van der Waals surface area contributed by atoms with Crippen LogP contribution in [-0.4, -0.2) is 20.8 Å². The van der Waals surface area contributed by atoms with Crippen molar-refractivity contribution in [2.45, 2.75) is 63.5 Å². The van der Waals surface area contributed by atoms with Gasteiger partial charge in [-0.15, -0.1) is 0 Å². The van der Waals surface area contributed by atoms with E-state index in [1.807, 2.05) is 6.33 Å². The van der Waals surface area contributed by atoms with Gasteiger partial charge in [0, 0.05) is 5.69 Å². The molecule has 0 aliphatic heterocycles. The zero-order valence-corrected chi connectivity index (χ0v) is 9.73. The van der Waals surface area contributed by atoms with Crippen LogP contribution < -0.4 is 0 Å². The number of aliphatic hydroxyl groups excluding tert-OH is 1. The molecule has 3 heteroatoms. The van der Waals surface area contributed by atoms with Gasteiger partial charge in [-0.25, -0.2) is 4.98 Å². The largest absolute Gasteiger partial charge is 0.391 e. The second kappa shape index (κ2) is 4.21. The molecule has 3 rings (SSSR count). The summed E-state index contributed by atoms with van der Waals surface area (Å²) in [5.41, 5.74) is 2.68. The molecule has 0 radical (unpaired) electrons. The van der Waals surface area contributed by atoms with Crippen LogP contribution in [0.3, 0.4) is 0 Å². The Morgan fingerprint density at radius 2 is 1.94 bits per heavy atom. The third-order valence-electron chi connectivity index (χ3n) is 4.11. The summed E-state index contributed by atoms with van der Waals surface area (Å²) in [6.07, 6.45) is 11.1. The Labute approximate surface area is 96.5 Å². The molecule has 1 heterocycles. The lowest BCUT2D eigenvalue weighted by molar-refractivity contribution is 0.0739. The molecule has 1 saturated carbocycles. The Balaban J connectivity index is 1.90. The van der Waals surface area contributed by atoms with Crippen LogP contribution in [0.15, 0.2) is 6.33 Å². The predicted octanol–water partition coefficient (Wildman–Crippen LogP) is 2.24. The van der Waals surface area contributed by atoms with Crippen LogP contribution in [0.2, 0.25) is 0 Å². The molecule has 1 aromatic rings. The van der Waals surface area contributed by atoms with Crippen molar-refractivity contribution in [2.75, 3.05) is 0 Å². The maximum atomic E-state index is 10.1. The SMILES string of the molecule is O[C@@H]1CCCC[C@H]1n1cnc2c1CCCC2. The summed E-state index contributed by atoms with van der Waals surface area (Å²) in [5, 5.41) is 10.1. The smallest absolute Gasteiger partial charge is 0.0955 e. The summed E-state index contributed by atoms with van der Waals surface area (Å²) in [4.78, 5) is 4.52. The van der Waals surface area contributed by atoms with E-state index in [4.69, 9.17) is 0 Å². The highest BCUT2D eigenvalue weighted by Gasteiger charge is 2.27. The summed E-state index contributed by atoms with van der Waals surface area (Å²) < 4.78 is 2.28. The highest BCUT2D eigenvalue weighted by molar-refractivity contribution is 5.17. The Morgan fingerprint density at radius 3 is 2.81 bits per heavy atom. The number of hydrogen-bond acceptors (Lipinski definition) is 2. The van der Waals surface area contributed by atoms with Crippen molar-refractivity contribution in [2.24, 2.45) is 0 Å². The fourth-order valence-electron chi connectivity index (χ4n) is 3.19. The van der Waals surface area contributed by atoms with Crippen molar-refractivity contribution in [3.63, 3.8) is 0 Å². The van der Waals surface area contributed by atoms with Crippen molar-refractivity contribution in [1.82, 2.24) is 9.55 Å². The van der Waals surface area contributed by atoms with E-state index in [9.17, 15) is 5.11 Å². The zero-order valence-electron chi connectivity index (χ0n) is 9.73. The topological polar surface area (TPSA) is 38.0 Å². The zero-order chi connectivity index (χ0) is 11.0. The first kappa shape index (κ1) is 10.3. The molecule has 0 saturated heterocycles. The standard InChI is InChI=1S/C13H20N2O/c16-13-8-4-3-7-12(13)15-9-14-10-5-1-2-6-11(10)15/h9,12-13,16H,1-8H2/t12-,13-/m1/s1. The average Bonchev–Trinajstić information content (AvgIpc) is 2.74. The number of aliphatic hydroxyl groups is 1. The molecule has 2 aliphatic carbocycles. The molecule has 0 spiro atoms. The summed E-state index contributed by atoms with van der Waals surface area (Å²) in [6.45, 7) is 0. The Bertz CT molecular complexity index is 372. The van der Waals surface area contributed by atoms with Gasteiger partial charge in [0.1, 0.15) is 0 Å². The number of nitrogens with zero attached hydrogens (tertiary/aromatic N) is 2. The minimum Gasteiger partial charge on any atom is -0.391 e. The first-order valence-corrected chi connectivity index (χ1v) is 6.59. The molecule has 1 N–H and O–H groups in total. The van der Waals surface area contributed by atoms with Gasteiger partial charge in [-0.1, -0.05) is 12.8 Å². The minimum absolute atomic E-state index is 0.158. The van der Waals surface area contributed by atoms with Crippen LogP contribution in [0.1, 0.15) is 56.0 Å². The highest BCUT2D eigenvalue weighted by Crippen LogP contribution is 2.32. The Kier molecular flexibility index (Phi) is 2.72. The lowest BCUT2D eigenvalue weighted by Gasteiger charge is -2.30. The van der Waals surface area contributed by atoms with E-state index in [1.165, 1.54) is 37.1 Å². The third kappa shape index (κ3) is 1.67. The van der Waals surface area contributed by atoms with Gasteiger partial charge in [0.05, 0.1) is 24.2 Å². The van der Waals surface area contributed by atoms with Crippen molar-refractivity contribution in [3.8, 4) is 0 Å². The number of rotatable bonds is 1. The predicted molar refractivity (Wildman–Crippen MR) is 62.4 cm³/mol. The molecular weight excluding hydrogens is 200 g/mol. The van der Waals surface area contributed by atoms with E-state index in [0.29, 0.717) is 6.04 Å². The van der Waals surface area contributed by atoms with Gasteiger partial charge < -0.3 is 9.67 Å². The molecule has 16 heavy (non-hydrogen) atoms. The molecule has 1 aromatic heterocycles. The molecule has 0 amide bonds. The molecule has 0 unspecified atom stereocenters. The van der Waals surface area contributed by atoms with E-state index >= 15 is 0 Å². The second-order valence-electron chi connectivity index (χ2n) is 5.17. The van der Waals surface area contributed by atoms with Crippen LogP contribution in [0.4, 0.5) is 0 Å². The molecule has 0 bridgehead atoms. The minimum atomic E-state index is -0.158. The van der Waals surface area contributed by atoms with E-state index in [1.54, 1.807) is 0 Å². The van der Waals surface area contributed by atoms with Gasteiger partial charge in [0.15, 0.2) is 0 Å². The molecule has 2 atom stereocenters. The van der Waals surface area contributed by atoms with Gasteiger partial charge >= 0.3 is 0 Å². The van der Waals surface area contributed by atoms with Gasteiger partial charge in [-0.2, -0.15) is 0 Å². The lowest BCUT2D eigenvalue weighted by Crippen LogP contribution is -2.28. The average molecular weight is 220 g/mol. The van der Waals surface area contributed by atoms with Crippen LogP contribution in [0.25, 0.3) is 0 Å². The second-order valence-corrected chi connectivity index (χ2v) is 5.17. The van der Waals surface area contributed by atoms with Crippen molar-refractivity contribution < 1.29 is 5.11 Å². The Hall–Kier alpha value is -0.830. The fraction of sp³-hybridized carbons (Fsp3) is 0.769. The summed E-state index contributed by atoms with van der Waals surface area (Å²) >= 11 is 0. The quantitative estimate of drug-likeness (QED) is 0.788. The van der Waals surface area contributed by atoms with Gasteiger partial charge in [-0.3, -0.25) is 0 Å². The first-order valence-electron chi connectivity index (χ1n) is 6.59. The number of imidazole rings is 1. The normalized spacial score (nSPS) is 30.1. The monoisotopic (exact) mass is 220 g/mol. The van der Waals surface area contributed by atoms with Crippen molar-refractivity contribution in [3.05, 3.63) is 17.7 Å². The van der Waals surface area contributed by atoms with Gasteiger partial charge in [0.2, 0.25) is 0 Å². The maximum Gasteiger partial charge on any atom is 0.0955 e. The first-order chi connectivity index (χ1) is 7.86. The molecule has 3 nitrogen and oxygen atoms in total. The highest BCUT2D eigenvalue weighted by atomic mass is 16.3. The van der Waals surface area contributed by atoms with Gasteiger partial charge in [-0.05, 0) is 38.5 Å². The molecule has 2 aliphatic rings. The maximum absolute atomic E-state index is 10.1. The van der Waals surface area contributed by atoms with Crippen LogP contribution >= 0.6 is 0 Å². The summed E-state index contributed by atoms with van der Waals surface area (Å²) in [7, 11) is 0.